The van der Waals surface area contributed by atoms with Crippen LogP contribution in [0, 0.1) is 46.3 Å². The Morgan fingerprint density at radius 2 is 1.10 bits per heavy atom. The minimum atomic E-state index is -4.90. The van der Waals surface area contributed by atoms with Crippen molar-refractivity contribution in [3.8, 4) is 0 Å². The molecule has 4 aliphatic carbocycles. The molecule has 5 saturated heterocycles. The number of Topliss-reactive ketones (excluding diaryl/α,β-unsaturated/α-hetero) is 1. The SMILES string of the molecule is CC(C)C(C)C(=O)CC(C)(O)C1CCC2C3CC(OC4OC(C)C(O)C(OC5OC(CO)C(OC6OC(C)C(O)C(O)C6OC6OC(C)C(O)C(O)C6O)C(O)C5OC5OC(C)C(O)C(O)C5O)C4O)C4CC(OS(=O)(=O)O)CCC4(C)C3=CCC21C. The molecule has 0 aromatic heterocycles. The minimum Gasteiger partial charge on any atom is -0.394 e. The van der Waals surface area contributed by atoms with Gasteiger partial charge in [0.1, 0.15) is 103 Å². The Morgan fingerprint density at radius 3 is 1.66 bits per heavy atom. The number of hydrogen-bond donors (Lipinski definition) is 14. The van der Waals surface area contributed by atoms with Crippen molar-refractivity contribution < 1.29 is 136 Å². The first-order valence-electron chi connectivity index (χ1n) is 30.8. The molecule has 0 amide bonds. The van der Waals surface area contributed by atoms with Crippen LogP contribution in [0.5, 0.6) is 0 Å². The summed E-state index contributed by atoms with van der Waals surface area (Å²) in [7, 11) is -4.90. The van der Waals surface area contributed by atoms with Crippen LogP contribution >= 0.6 is 0 Å². The summed E-state index contributed by atoms with van der Waals surface area (Å²) in [6, 6.07) is 0. The zero-order valence-corrected chi connectivity index (χ0v) is 51.7. The molecule has 0 aromatic rings. The van der Waals surface area contributed by atoms with Gasteiger partial charge in [0.2, 0.25) is 0 Å². The maximum absolute atomic E-state index is 13.6. The summed E-state index contributed by atoms with van der Waals surface area (Å²) < 4.78 is 101. The summed E-state index contributed by atoms with van der Waals surface area (Å²) in [6.45, 7) is 16.4. The van der Waals surface area contributed by atoms with Crippen molar-refractivity contribution in [1.82, 2.24) is 0 Å². The van der Waals surface area contributed by atoms with Crippen LogP contribution in [0.2, 0.25) is 0 Å². The van der Waals surface area contributed by atoms with Gasteiger partial charge in [-0.1, -0.05) is 46.3 Å². The van der Waals surface area contributed by atoms with Crippen molar-refractivity contribution in [3.05, 3.63) is 11.6 Å². The Morgan fingerprint density at radius 1 is 0.609 bits per heavy atom. The van der Waals surface area contributed by atoms with Crippen molar-refractivity contribution in [2.45, 2.75) is 292 Å². The lowest BCUT2D eigenvalue weighted by Crippen LogP contribution is -2.68. The van der Waals surface area contributed by atoms with E-state index in [2.05, 4.69) is 19.9 Å². The van der Waals surface area contributed by atoms with Crippen LogP contribution in [0.3, 0.4) is 0 Å². The van der Waals surface area contributed by atoms with Crippen LogP contribution in [0.15, 0.2) is 11.6 Å². The molecule has 29 heteroatoms. The standard InChI is InChI=1S/C58H96O28S/c1-21(2)22(3)32(60)19-58(10,72)35-12-11-29-28-18-33(31-17-27(86-87(73,74)75)13-15-56(31,8)30(28)14-16-57(29,35)9)80-53-46(71)48(39(64)26(7)78-53)83-55-50(85-52-44(69)41(66)37(62)24(5)77-52)45(70)47(34(20-59)81-55)82-54-49(42(67)38(63)25(6)79-54)84-51-43(68)40(65)36(61)23(4)76-51/h14,21-29,31,33-55,59,61-72H,11-13,15-20H2,1-10H3,(H,73,74,75). The third-order valence-corrected chi connectivity index (χ3v) is 22.0. The molecule has 35 unspecified atom stereocenters. The van der Waals surface area contributed by atoms with Crippen LogP contribution in [0.25, 0.3) is 0 Å². The van der Waals surface area contributed by atoms with Crippen LogP contribution in [-0.4, -0.2) is 263 Å². The number of allylic oxidation sites excluding steroid dienone is 2. The maximum Gasteiger partial charge on any atom is 0.397 e. The van der Waals surface area contributed by atoms with Crippen molar-refractivity contribution in [1.29, 1.82) is 0 Å². The summed E-state index contributed by atoms with van der Waals surface area (Å²) in [5.41, 5.74) is -1.34. The monoisotopic (exact) mass is 1270 g/mol. The first-order valence-corrected chi connectivity index (χ1v) is 32.1. The predicted molar refractivity (Wildman–Crippen MR) is 295 cm³/mol. The van der Waals surface area contributed by atoms with Gasteiger partial charge in [-0.3, -0.25) is 9.35 Å². The highest BCUT2D eigenvalue weighted by Crippen LogP contribution is 2.67. The molecule has 5 heterocycles. The Bertz CT molecular complexity index is 2490. The molecule has 9 aliphatic rings. The number of fused-ring (bicyclic) bond motifs is 5. The molecule has 28 nitrogen and oxygen atoms in total. The lowest BCUT2D eigenvalue weighted by molar-refractivity contribution is -0.408. The summed E-state index contributed by atoms with van der Waals surface area (Å²) in [5, 5.41) is 147. The Balaban J connectivity index is 1.00. The lowest BCUT2D eigenvalue weighted by Gasteiger charge is -2.60. The third kappa shape index (κ3) is 13.6. The first kappa shape index (κ1) is 69.7. The van der Waals surface area contributed by atoms with Crippen LogP contribution in [0.1, 0.15) is 121 Å². The molecule has 0 bridgehead atoms. The number of rotatable bonds is 18. The van der Waals surface area contributed by atoms with Gasteiger partial charge in [-0.2, -0.15) is 8.42 Å². The molecule has 3 saturated carbocycles. The third-order valence-electron chi connectivity index (χ3n) is 21.5. The molecule has 8 fully saturated rings. The number of carbonyl (C=O) groups excluding carboxylic acids is 1. The van der Waals surface area contributed by atoms with E-state index in [1.54, 1.807) is 6.92 Å². The van der Waals surface area contributed by atoms with E-state index in [4.69, 9.17) is 51.6 Å². The van der Waals surface area contributed by atoms with Gasteiger partial charge in [0.05, 0.1) is 48.8 Å². The average molecular weight is 1270 g/mol. The Labute approximate surface area is 506 Å². The summed E-state index contributed by atoms with van der Waals surface area (Å²) >= 11 is 0. The smallest absolute Gasteiger partial charge is 0.394 e. The van der Waals surface area contributed by atoms with Gasteiger partial charge in [0, 0.05) is 12.3 Å². The Hall–Kier alpha value is -1.64. The van der Waals surface area contributed by atoms with Crippen molar-refractivity contribution >= 4 is 16.2 Å². The lowest BCUT2D eigenvalue weighted by atomic mass is 9.47. The van der Waals surface area contributed by atoms with E-state index in [-0.39, 0.29) is 54.6 Å². The molecule has 502 valence electrons. The average Bonchev–Trinajstić information content (AvgIpc) is 1.70. The highest BCUT2D eigenvalue weighted by Gasteiger charge is 2.64. The first-order chi connectivity index (χ1) is 40.5. The minimum absolute atomic E-state index is 0.00854. The summed E-state index contributed by atoms with van der Waals surface area (Å²) in [6.07, 6.45) is -39.5. The van der Waals surface area contributed by atoms with E-state index >= 15 is 0 Å². The van der Waals surface area contributed by atoms with E-state index in [1.165, 1.54) is 27.7 Å². The van der Waals surface area contributed by atoms with Gasteiger partial charge in [0.25, 0.3) is 0 Å². The van der Waals surface area contributed by atoms with Gasteiger partial charge in [-0.15, -0.1) is 0 Å². The molecule has 0 spiro atoms. The van der Waals surface area contributed by atoms with Crippen LogP contribution in [0.4, 0.5) is 0 Å². The molecule has 14 N–H and O–H groups in total. The molecule has 5 aliphatic heterocycles. The highest BCUT2D eigenvalue weighted by atomic mass is 32.3. The zero-order chi connectivity index (χ0) is 64.1. The van der Waals surface area contributed by atoms with Crippen molar-refractivity contribution in [2.24, 2.45) is 46.3 Å². The van der Waals surface area contributed by atoms with Gasteiger partial charge >= 0.3 is 10.4 Å². The number of hydrogen-bond acceptors (Lipinski definition) is 27. The van der Waals surface area contributed by atoms with Crippen LogP contribution in [-0.2, 0) is 66.7 Å². The van der Waals surface area contributed by atoms with E-state index in [9.17, 15) is 84.1 Å². The second kappa shape index (κ2) is 26.6. The molecule has 0 radical (unpaired) electrons. The number of aliphatic hydroxyl groups excluding tert-OH is 12. The molecule has 9 rings (SSSR count). The topological polar surface area (TPSA) is 436 Å². The van der Waals surface area contributed by atoms with Gasteiger partial charge in [-0.25, -0.2) is 4.18 Å². The molecule has 35 atom stereocenters. The van der Waals surface area contributed by atoms with Crippen LogP contribution < -0.4 is 0 Å². The number of carbonyl (C=O) groups is 1. The normalized spacial score (nSPS) is 51.6. The Kier molecular flexibility index (Phi) is 21.3. The fourth-order valence-corrected chi connectivity index (χ4v) is 16.5. The van der Waals surface area contributed by atoms with Crippen molar-refractivity contribution in [3.63, 3.8) is 0 Å². The molecule has 87 heavy (non-hydrogen) atoms. The number of aliphatic hydroxyl groups is 13. The predicted octanol–water partition coefficient (Wildman–Crippen LogP) is -2.04. The molecular weight excluding hydrogens is 1180 g/mol. The van der Waals surface area contributed by atoms with Gasteiger partial charge < -0.3 is 114 Å². The van der Waals surface area contributed by atoms with Crippen molar-refractivity contribution in [2.75, 3.05) is 6.61 Å². The molecule has 0 aromatic carbocycles. The zero-order valence-electron chi connectivity index (χ0n) is 50.9. The van der Waals surface area contributed by atoms with E-state index in [1.807, 2.05) is 20.8 Å². The van der Waals surface area contributed by atoms with Gasteiger partial charge in [0.15, 0.2) is 31.5 Å². The second-order valence-corrected chi connectivity index (χ2v) is 28.5. The number of ketones is 1. The number of ether oxygens (including phenoxy) is 10. The molecular formula is C58H96O28S. The quantitative estimate of drug-likeness (QED) is 0.0519. The second-order valence-electron chi connectivity index (χ2n) is 27.5. The largest absolute Gasteiger partial charge is 0.397 e. The fraction of sp³-hybridized carbons (Fsp3) is 0.948. The van der Waals surface area contributed by atoms with E-state index in [0.717, 1.165) is 5.57 Å². The maximum atomic E-state index is 13.6. The fourth-order valence-electron chi connectivity index (χ4n) is 16.0. The van der Waals surface area contributed by atoms with Gasteiger partial charge in [-0.05, 0) is 120 Å². The van der Waals surface area contributed by atoms with E-state index in [0.29, 0.717) is 32.1 Å². The summed E-state index contributed by atoms with van der Waals surface area (Å²) in [5.74, 6) is -1.17. The highest BCUT2D eigenvalue weighted by molar-refractivity contribution is 7.80. The van der Waals surface area contributed by atoms with E-state index < -0.39 is 205 Å². The summed E-state index contributed by atoms with van der Waals surface area (Å²) in [4.78, 5) is 13.6.